The lowest BCUT2D eigenvalue weighted by Gasteiger charge is -2.09. The summed E-state index contributed by atoms with van der Waals surface area (Å²) in [6.07, 6.45) is 0. The second-order valence-electron chi connectivity index (χ2n) is 5.31. The summed E-state index contributed by atoms with van der Waals surface area (Å²) >= 11 is 4.99. The highest BCUT2D eigenvalue weighted by Gasteiger charge is 2.11. The van der Waals surface area contributed by atoms with E-state index in [9.17, 15) is 0 Å². The molecule has 7 heteroatoms. The highest BCUT2D eigenvalue weighted by molar-refractivity contribution is 9.10. The van der Waals surface area contributed by atoms with E-state index in [2.05, 4.69) is 57.4 Å². The Labute approximate surface area is 153 Å². The molecule has 0 amide bonds. The molecule has 0 aliphatic carbocycles. The Hall–Kier alpha value is -1.86. The van der Waals surface area contributed by atoms with E-state index in [0.29, 0.717) is 6.61 Å². The average molecular weight is 405 g/mol. The number of thioether (sulfide) groups is 1. The van der Waals surface area contributed by atoms with Crippen molar-refractivity contribution in [2.75, 3.05) is 12.4 Å². The molecule has 0 bridgehead atoms. The molecule has 0 fully saturated rings. The van der Waals surface area contributed by atoms with Gasteiger partial charge in [0, 0.05) is 10.2 Å². The number of ether oxygens (including phenoxy) is 1. The molecule has 24 heavy (non-hydrogen) atoms. The van der Waals surface area contributed by atoms with Gasteiger partial charge in [-0.25, -0.2) is 0 Å². The van der Waals surface area contributed by atoms with Crippen molar-refractivity contribution >= 4 is 27.7 Å². The number of hydrogen-bond acceptors (Lipinski definition) is 5. The SMILES string of the molecule is Cc1ccc(-n2nnnc2SCCOc2ccc(Br)cc2)c(C)c1. The number of hydrogen-bond donors (Lipinski definition) is 0. The van der Waals surface area contributed by atoms with E-state index in [1.807, 2.05) is 30.3 Å². The zero-order valence-electron chi connectivity index (χ0n) is 13.4. The Morgan fingerprint density at radius 3 is 2.67 bits per heavy atom. The van der Waals surface area contributed by atoms with Crippen molar-refractivity contribution in [3.63, 3.8) is 0 Å². The van der Waals surface area contributed by atoms with Gasteiger partial charge < -0.3 is 4.74 Å². The van der Waals surface area contributed by atoms with Crippen molar-refractivity contribution in [3.8, 4) is 11.4 Å². The summed E-state index contributed by atoms with van der Waals surface area (Å²) in [6.45, 7) is 4.73. The van der Waals surface area contributed by atoms with E-state index in [1.165, 1.54) is 5.56 Å². The average Bonchev–Trinajstić information content (AvgIpc) is 3.01. The van der Waals surface area contributed by atoms with E-state index < -0.39 is 0 Å². The van der Waals surface area contributed by atoms with Crippen molar-refractivity contribution in [3.05, 3.63) is 58.1 Å². The third-order valence-electron chi connectivity index (χ3n) is 3.42. The van der Waals surface area contributed by atoms with Gasteiger partial charge in [0.1, 0.15) is 5.75 Å². The quantitative estimate of drug-likeness (QED) is 0.454. The van der Waals surface area contributed by atoms with Crippen LogP contribution in [0.4, 0.5) is 0 Å². The van der Waals surface area contributed by atoms with Gasteiger partial charge in [-0.3, -0.25) is 0 Å². The lowest BCUT2D eigenvalue weighted by molar-refractivity contribution is 0.344. The molecule has 0 aliphatic rings. The Morgan fingerprint density at radius 1 is 1.12 bits per heavy atom. The number of halogens is 1. The molecule has 0 saturated carbocycles. The fourth-order valence-electron chi connectivity index (χ4n) is 2.29. The molecule has 0 spiro atoms. The number of aryl methyl sites for hydroxylation is 2. The van der Waals surface area contributed by atoms with Crippen LogP contribution in [0.3, 0.4) is 0 Å². The van der Waals surface area contributed by atoms with Crippen LogP contribution in [0.2, 0.25) is 0 Å². The molecule has 3 rings (SSSR count). The lowest BCUT2D eigenvalue weighted by atomic mass is 10.1. The number of tetrazole rings is 1. The maximum absolute atomic E-state index is 5.72. The molecule has 0 radical (unpaired) electrons. The van der Waals surface area contributed by atoms with Gasteiger partial charge in [0.2, 0.25) is 5.16 Å². The molecule has 1 aromatic heterocycles. The first-order valence-electron chi connectivity index (χ1n) is 7.50. The molecule has 0 aliphatic heterocycles. The van der Waals surface area contributed by atoms with E-state index in [-0.39, 0.29) is 0 Å². The molecule has 5 nitrogen and oxygen atoms in total. The number of rotatable bonds is 6. The molecule has 0 N–H and O–H groups in total. The number of nitrogens with zero attached hydrogens (tertiary/aromatic N) is 4. The first kappa shape index (κ1) is 17.0. The molecule has 0 unspecified atom stereocenters. The highest BCUT2D eigenvalue weighted by atomic mass is 79.9. The molecule has 1 heterocycles. The van der Waals surface area contributed by atoms with Crippen molar-refractivity contribution in [2.24, 2.45) is 0 Å². The summed E-state index contributed by atoms with van der Waals surface area (Å²) in [7, 11) is 0. The number of benzene rings is 2. The molecule has 2 aromatic carbocycles. The molecular formula is C17H17BrN4OS. The minimum Gasteiger partial charge on any atom is -0.493 e. The van der Waals surface area contributed by atoms with Crippen molar-refractivity contribution in [1.29, 1.82) is 0 Å². The maximum atomic E-state index is 5.72. The summed E-state index contributed by atoms with van der Waals surface area (Å²) in [5.74, 6) is 1.62. The van der Waals surface area contributed by atoms with Gasteiger partial charge in [-0.2, -0.15) is 4.68 Å². The van der Waals surface area contributed by atoms with Crippen molar-refractivity contribution in [1.82, 2.24) is 20.2 Å². The zero-order chi connectivity index (χ0) is 16.9. The van der Waals surface area contributed by atoms with Crippen LogP contribution in [-0.2, 0) is 0 Å². The predicted octanol–water partition coefficient (Wildman–Crippen LogP) is 4.21. The van der Waals surface area contributed by atoms with E-state index in [1.54, 1.807) is 16.4 Å². The first-order chi connectivity index (χ1) is 11.6. The smallest absolute Gasteiger partial charge is 0.214 e. The van der Waals surface area contributed by atoms with Gasteiger partial charge in [-0.15, -0.1) is 5.10 Å². The topological polar surface area (TPSA) is 52.8 Å². The second-order valence-corrected chi connectivity index (χ2v) is 7.29. The van der Waals surface area contributed by atoms with Crippen LogP contribution >= 0.6 is 27.7 Å². The summed E-state index contributed by atoms with van der Waals surface area (Å²) < 4.78 is 8.54. The Morgan fingerprint density at radius 2 is 1.92 bits per heavy atom. The fraction of sp³-hybridized carbons (Fsp3) is 0.235. The molecule has 124 valence electrons. The van der Waals surface area contributed by atoms with E-state index in [0.717, 1.165) is 32.4 Å². The van der Waals surface area contributed by atoms with Crippen LogP contribution < -0.4 is 4.74 Å². The summed E-state index contributed by atoms with van der Waals surface area (Å²) in [5, 5.41) is 12.8. The van der Waals surface area contributed by atoms with Crippen LogP contribution in [0.25, 0.3) is 5.69 Å². The molecular weight excluding hydrogens is 388 g/mol. The van der Waals surface area contributed by atoms with Crippen molar-refractivity contribution < 1.29 is 4.74 Å². The number of aromatic nitrogens is 4. The Bertz CT molecular complexity index is 820. The first-order valence-corrected chi connectivity index (χ1v) is 9.28. The fourth-order valence-corrected chi connectivity index (χ4v) is 3.25. The van der Waals surface area contributed by atoms with E-state index >= 15 is 0 Å². The van der Waals surface area contributed by atoms with E-state index in [4.69, 9.17) is 4.74 Å². The maximum Gasteiger partial charge on any atom is 0.214 e. The third-order valence-corrected chi connectivity index (χ3v) is 4.83. The molecule has 3 aromatic rings. The Kier molecular flexibility index (Phi) is 5.52. The lowest BCUT2D eigenvalue weighted by Crippen LogP contribution is -2.04. The summed E-state index contributed by atoms with van der Waals surface area (Å²) in [4.78, 5) is 0. The predicted molar refractivity (Wildman–Crippen MR) is 99.0 cm³/mol. The van der Waals surface area contributed by atoms with Crippen molar-refractivity contribution in [2.45, 2.75) is 19.0 Å². The minimum atomic E-state index is 0.589. The van der Waals surface area contributed by atoms with Crippen LogP contribution in [0.5, 0.6) is 5.75 Å². The normalized spacial score (nSPS) is 10.8. The second kappa shape index (κ2) is 7.81. The van der Waals surface area contributed by atoms with Crippen LogP contribution in [-0.4, -0.2) is 32.6 Å². The zero-order valence-corrected chi connectivity index (χ0v) is 15.8. The van der Waals surface area contributed by atoms with Crippen LogP contribution in [0.1, 0.15) is 11.1 Å². The summed E-state index contributed by atoms with van der Waals surface area (Å²) in [5.41, 5.74) is 3.37. The standard InChI is InChI=1S/C17H17BrN4OS/c1-12-3-8-16(13(2)11-12)22-17(19-20-21-22)24-10-9-23-15-6-4-14(18)5-7-15/h3-8,11H,9-10H2,1-2H3. The highest BCUT2D eigenvalue weighted by Crippen LogP contribution is 2.22. The van der Waals surface area contributed by atoms with Gasteiger partial charge in [0.05, 0.1) is 12.3 Å². The Balaban J connectivity index is 1.60. The van der Waals surface area contributed by atoms with Crippen LogP contribution in [0, 0.1) is 13.8 Å². The van der Waals surface area contributed by atoms with Gasteiger partial charge in [0.15, 0.2) is 0 Å². The minimum absolute atomic E-state index is 0.589. The van der Waals surface area contributed by atoms with Gasteiger partial charge >= 0.3 is 0 Å². The summed E-state index contributed by atoms with van der Waals surface area (Å²) in [6, 6.07) is 14.0. The van der Waals surface area contributed by atoms with Gasteiger partial charge in [0.25, 0.3) is 0 Å². The van der Waals surface area contributed by atoms with Crippen LogP contribution in [0.15, 0.2) is 52.1 Å². The molecule has 0 atom stereocenters. The largest absolute Gasteiger partial charge is 0.493 e. The third kappa shape index (κ3) is 4.15. The monoisotopic (exact) mass is 404 g/mol. The van der Waals surface area contributed by atoms with Gasteiger partial charge in [-0.05, 0) is 60.2 Å². The van der Waals surface area contributed by atoms with Gasteiger partial charge in [-0.1, -0.05) is 45.4 Å². The molecule has 0 saturated heterocycles.